The first-order valence-corrected chi connectivity index (χ1v) is 16.6. The van der Waals surface area contributed by atoms with Crippen LogP contribution in [-0.4, -0.2) is 72.9 Å². The molecule has 10 nitrogen and oxygen atoms in total. The Hall–Kier alpha value is -3.61. The van der Waals surface area contributed by atoms with Crippen LogP contribution in [0.4, 0.5) is 5.69 Å². The third kappa shape index (κ3) is 4.25. The molecule has 3 aliphatic heterocycles. The Morgan fingerprint density at radius 3 is 2.50 bits per heavy atom. The van der Waals surface area contributed by atoms with Gasteiger partial charge in [-0.15, -0.1) is 11.8 Å². The second-order valence-corrected chi connectivity index (χ2v) is 14.2. The van der Waals surface area contributed by atoms with Gasteiger partial charge in [0.25, 0.3) is 5.91 Å². The average molecular weight is 634 g/mol. The highest BCUT2D eigenvalue weighted by Gasteiger charge is 2.69. The number of hydrogen-bond donors (Lipinski definition) is 1. The van der Waals surface area contributed by atoms with E-state index in [4.69, 9.17) is 14.2 Å². The predicted octanol–water partition coefficient (Wildman–Crippen LogP) is 3.36. The summed E-state index contributed by atoms with van der Waals surface area (Å²) >= 11 is 2.88. The third-order valence-corrected chi connectivity index (χ3v) is 12.6. The van der Waals surface area contributed by atoms with Crippen LogP contribution >= 0.6 is 23.1 Å². The van der Waals surface area contributed by atoms with Crippen LogP contribution in [0.3, 0.4) is 0 Å². The fourth-order valence-corrected chi connectivity index (χ4v) is 11.2. The average Bonchev–Trinajstić information content (AvgIpc) is 3.79. The first-order chi connectivity index (χ1) is 21.4. The molecule has 4 heterocycles. The van der Waals surface area contributed by atoms with Gasteiger partial charge in [-0.25, -0.2) is 0 Å². The molecule has 2 aliphatic carbocycles. The number of nitrogens with zero attached hydrogens (tertiary/aromatic N) is 2. The molecular formula is C32H31N3O7S2. The molecule has 2 saturated heterocycles. The highest BCUT2D eigenvalue weighted by molar-refractivity contribution is 8.00. The number of rotatable bonds is 6. The van der Waals surface area contributed by atoms with Crippen molar-refractivity contribution in [2.24, 2.45) is 29.6 Å². The highest BCUT2D eigenvalue weighted by Crippen LogP contribution is 2.68. The number of anilines is 1. The van der Waals surface area contributed by atoms with E-state index in [1.807, 2.05) is 48.5 Å². The van der Waals surface area contributed by atoms with Crippen molar-refractivity contribution in [2.75, 3.05) is 44.9 Å². The van der Waals surface area contributed by atoms with Crippen LogP contribution in [0.2, 0.25) is 0 Å². The summed E-state index contributed by atoms with van der Waals surface area (Å²) in [7, 11) is 1.57. The Morgan fingerprint density at radius 2 is 1.75 bits per heavy atom. The molecule has 7 atom stereocenters. The topological polar surface area (TPSA) is 118 Å². The van der Waals surface area contributed by atoms with Crippen molar-refractivity contribution >= 4 is 46.5 Å². The summed E-state index contributed by atoms with van der Waals surface area (Å²) in [6, 6.07) is 14.9. The summed E-state index contributed by atoms with van der Waals surface area (Å²) in [5.41, 5.74) is 1.58. The van der Waals surface area contributed by atoms with E-state index >= 15 is 0 Å². The Kier molecular flexibility index (Phi) is 6.84. The van der Waals surface area contributed by atoms with Crippen LogP contribution in [0, 0.1) is 29.6 Å². The maximum absolute atomic E-state index is 13.9. The molecule has 3 aromatic rings. The number of imide groups is 1. The number of aromatic amines is 1. The number of fused-ring (bicyclic) bond motifs is 9. The number of methoxy groups -OCH3 is 1. The number of ether oxygens (including phenoxy) is 3. The smallest absolute Gasteiger partial charge is 0.305 e. The van der Waals surface area contributed by atoms with Crippen molar-refractivity contribution in [3.8, 4) is 11.5 Å². The maximum atomic E-state index is 13.9. The van der Waals surface area contributed by atoms with E-state index in [1.165, 1.54) is 16.2 Å². The number of carbonyl (C=O) groups excluding carboxylic acids is 3. The molecule has 1 N–H and O–H groups in total. The molecule has 2 aromatic carbocycles. The van der Waals surface area contributed by atoms with Gasteiger partial charge in [0, 0.05) is 29.1 Å². The zero-order chi connectivity index (χ0) is 30.1. The first kappa shape index (κ1) is 27.9. The summed E-state index contributed by atoms with van der Waals surface area (Å²) in [5, 5.41) is 0.937. The largest absolute Gasteiger partial charge is 0.493 e. The monoisotopic (exact) mass is 633 g/mol. The van der Waals surface area contributed by atoms with Gasteiger partial charge < -0.3 is 24.1 Å². The molecular weight excluding hydrogens is 603 g/mol. The fraction of sp³-hybridized carbons (Fsp3) is 0.438. The molecule has 6 unspecified atom stereocenters. The van der Waals surface area contributed by atoms with E-state index in [2.05, 4.69) is 4.98 Å². The number of thiazole rings is 1. The lowest BCUT2D eigenvalue weighted by molar-refractivity contribution is -0.137. The van der Waals surface area contributed by atoms with E-state index in [1.54, 1.807) is 23.8 Å². The number of benzene rings is 2. The van der Waals surface area contributed by atoms with Gasteiger partial charge >= 0.3 is 4.87 Å². The normalized spacial score (nSPS) is 30.2. The molecule has 0 radical (unpaired) electrons. The number of H-pyrrole nitrogens is 1. The maximum Gasteiger partial charge on any atom is 0.305 e. The fourth-order valence-electron chi connectivity index (χ4n) is 8.26. The third-order valence-electron chi connectivity index (χ3n) is 10.0. The minimum atomic E-state index is -0.370. The van der Waals surface area contributed by atoms with Crippen molar-refractivity contribution in [1.29, 1.82) is 0 Å². The van der Waals surface area contributed by atoms with E-state index in [0.29, 0.717) is 43.5 Å². The predicted molar refractivity (Wildman–Crippen MR) is 163 cm³/mol. The van der Waals surface area contributed by atoms with Gasteiger partial charge in [-0.2, -0.15) is 0 Å². The Labute approximate surface area is 261 Å². The second kappa shape index (κ2) is 10.8. The zero-order valence-electron chi connectivity index (χ0n) is 24.0. The van der Waals surface area contributed by atoms with Crippen LogP contribution in [0.1, 0.15) is 22.8 Å². The molecule has 12 heteroatoms. The summed E-state index contributed by atoms with van der Waals surface area (Å²) in [5.74, 6) is -0.103. The molecule has 2 bridgehead atoms. The summed E-state index contributed by atoms with van der Waals surface area (Å²) in [4.78, 5) is 60.0. The number of carbonyl (C=O) groups is 3. The molecule has 3 amide bonds. The number of hydrogen-bond acceptors (Lipinski definition) is 9. The van der Waals surface area contributed by atoms with Gasteiger partial charge in [-0.3, -0.25) is 24.1 Å². The van der Waals surface area contributed by atoms with Gasteiger partial charge in [0.15, 0.2) is 18.1 Å². The number of nitrogens with one attached hydrogen (secondary N) is 1. The Balaban J connectivity index is 1.12. The Morgan fingerprint density at radius 1 is 1.00 bits per heavy atom. The number of morpholine rings is 1. The molecule has 4 fully saturated rings. The lowest BCUT2D eigenvalue weighted by Gasteiger charge is -2.43. The highest BCUT2D eigenvalue weighted by atomic mass is 32.2. The van der Waals surface area contributed by atoms with Crippen LogP contribution in [0.15, 0.2) is 58.4 Å². The van der Waals surface area contributed by atoms with Crippen molar-refractivity contribution in [2.45, 2.75) is 22.6 Å². The van der Waals surface area contributed by atoms with Crippen LogP contribution in [-0.2, 0) is 19.1 Å². The van der Waals surface area contributed by atoms with Crippen LogP contribution < -0.4 is 19.2 Å². The van der Waals surface area contributed by atoms with Crippen molar-refractivity contribution < 1.29 is 28.6 Å². The van der Waals surface area contributed by atoms with Gasteiger partial charge in [0.05, 0.1) is 42.9 Å². The molecule has 0 spiro atoms. The summed E-state index contributed by atoms with van der Waals surface area (Å²) < 4.78 is 17.0. The number of amides is 3. The molecule has 8 rings (SSSR count). The Bertz CT molecular complexity index is 1700. The van der Waals surface area contributed by atoms with Crippen molar-refractivity contribution in [3.63, 3.8) is 0 Å². The molecule has 5 aliphatic rings. The summed E-state index contributed by atoms with van der Waals surface area (Å²) in [6.07, 6.45) is 0.815. The van der Waals surface area contributed by atoms with Crippen molar-refractivity contribution in [1.82, 2.24) is 9.88 Å². The lowest BCUT2D eigenvalue weighted by atomic mass is 9.68. The van der Waals surface area contributed by atoms with Gasteiger partial charge in [-0.1, -0.05) is 35.6 Å². The van der Waals surface area contributed by atoms with E-state index in [-0.39, 0.29) is 70.0 Å². The van der Waals surface area contributed by atoms with Crippen LogP contribution in [0.25, 0.3) is 0 Å². The van der Waals surface area contributed by atoms with E-state index in [9.17, 15) is 19.2 Å². The second-order valence-electron chi connectivity index (χ2n) is 12.0. The minimum absolute atomic E-state index is 0.0103. The lowest BCUT2D eigenvalue weighted by Crippen LogP contribution is -2.43. The standard InChI is InChI=1S/C32H31N3O7S2/c1-40-21-13-16(7-8-20(21)42-15-22(36)34-9-11-41-12-10-34)23-24-18-14-19(27(24)43-29-28(23)44-32(39)33-29)26-25(18)30(37)35(31(26)38)17-5-3-2-4-6-17/h2-8,13,18-19,23-27H,9-12,14-15H2,1H3,(H,33,39)/t18?,19?,23-,24?,25?,26?,27?/m1/s1. The zero-order valence-corrected chi connectivity index (χ0v) is 25.6. The molecule has 2 saturated carbocycles. The molecule has 228 valence electrons. The quantitative estimate of drug-likeness (QED) is 0.411. The minimum Gasteiger partial charge on any atom is -0.493 e. The van der Waals surface area contributed by atoms with Gasteiger partial charge in [0.2, 0.25) is 11.8 Å². The van der Waals surface area contributed by atoms with E-state index < -0.39 is 0 Å². The summed E-state index contributed by atoms with van der Waals surface area (Å²) in [6.45, 7) is 2.02. The van der Waals surface area contributed by atoms with Crippen LogP contribution in [0.5, 0.6) is 11.5 Å². The van der Waals surface area contributed by atoms with Crippen molar-refractivity contribution in [3.05, 3.63) is 68.6 Å². The molecule has 44 heavy (non-hydrogen) atoms. The number of para-hydroxylation sites is 1. The number of thioether (sulfide) groups is 1. The number of aromatic nitrogens is 1. The van der Waals surface area contributed by atoms with E-state index in [0.717, 1.165) is 21.9 Å². The van der Waals surface area contributed by atoms with Gasteiger partial charge in [-0.05, 0) is 54.0 Å². The van der Waals surface area contributed by atoms with Gasteiger partial charge in [0.1, 0.15) is 0 Å². The molecule has 1 aromatic heterocycles. The SMILES string of the molecule is COc1cc([C@H]2c3sc(=O)[nH]c3SC3C4CC(C5C(=O)N(c6ccccc6)C(=O)C45)C32)ccc1OCC(=O)N1CCOCC1. The first-order valence-electron chi connectivity index (χ1n) is 14.9.